The van der Waals surface area contributed by atoms with Crippen LogP contribution in [0, 0.1) is 11.8 Å². The molecule has 4 aromatic rings. The Morgan fingerprint density at radius 1 is 0.690 bits per heavy atom. The van der Waals surface area contributed by atoms with Gasteiger partial charge in [0.05, 0.1) is 18.8 Å². The van der Waals surface area contributed by atoms with Gasteiger partial charge in [0.2, 0.25) is 0 Å². The van der Waals surface area contributed by atoms with Crippen molar-refractivity contribution in [1.29, 1.82) is 0 Å². The summed E-state index contributed by atoms with van der Waals surface area (Å²) >= 11 is 6.08. The van der Waals surface area contributed by atoms with E-state index in [2.05, 4.69) is 55.5 Å². The zero-order valence-corrected chi connectivity index (χ0v) is 43.6. The molecule has 2 saturated carbocycles. The molecule has 6 heterocycles. The van der Waals surface area contributed by atoms with Crippen LogP contribution in [0.2, 0.25) is 0 Å². The number of nitrogens with one attached hydrogen (secondary N) is 1. The second kappa shape index (κ2) is 27.8. The van der Waals surface area contributed by atoms with Gasteiger partial charge in [-0.1, -0.05) is 49.9 Å². The van der Waals surface area contributed by atoms with E-state index in [0.717, 1.165) is 106 Å². The Morgan fingerprint density at radius 3 is 1.77 bits per heavy atom. The van der Waals surface area contributed by atoms with Crippen LogP contribution in [0.25, 0.3) is 0 Å². The van der Waals surface area contributed by atoms with E-state index in [1.165, 1.54) is 126 Å². The number of halogens is 1. The maximum Gasteiger partial charge on any atom is 0.328 e. The number of hydrogen-bond acceptors (Lipinski definition) is 11. The third-order valence-corrected chi connectivity index (χ3v) is 16.6. The normalized spacial score (nSPS) is 22.8. The zero-order chi connectivity index (χ0) is 49.2. The molecule has 4 aromatic heterocycles. The quantitative estimate of drug-likeness (QED) is 0.0516. The predicted molar refractivity (Wildman–Crippen MR) is 281 cm³/mol. The van der Waals surface area contributed by atoms with Crippen LogP contribution in [0.1, 0.15) is 185 Å². The second-order valence-corrected chi connectivity index (χ2v) is 21.5. The van der Waals surface area contributed by atoms with E-state index in [9.17, 15) is 9.59 Å². The van der Waals surface area contributed by atoms with Gasteiger partial charge in [0.15, 0.2) is 5.78 Å². The van der Waals surface area contributed by atoms with Crippen LogP contribution in [-0.2, 0) is 49.5 Å². The number of esters is 1. The van der Waals surface area contributed by atoms with Crippen molar-refractivity contribution in [3.63, 3.8) is 0 Å². The number of carbonyl (C=O) groups is 2. The number of likely N-dealkylation sites (tertiary alicyclic amines) is 1. The molecule has 0 amide bonds. The van der Waals surface area contributed by atoms with Crippen molar-refractivity contribution < 1.29 is 23.8 Å². The van der Waals surface area contributed by atoms with Gasteiger partial charge in [0, 0.05) is 97.8 Å². The van der Waals surface area contributed by atoms with Crippen molar-refractivity contribution in [3.05, 3.63) is 118 Å². The molecule has 6 aliphatic rings. The zero-order valence-electron chi connectivity index (χ0n) is 42.8. The van der Waals surface area contributed by atoms with Crippen molar-refractivity contribution in [1.82, 2.24) is 30.2 Å². The number of carbonyl (C=O) groups excluding carboxylic acids is 2. The van der Waals surface area contributed by atoms with Gasteiger partial charge >= 0.3 is 5.97 Å². The van der Waals surface area contributed by atoms with E-state index >= 15 is 0 Å². The summed E-state index contributed by atoms with van der Waals surface area (Å²) in [5, 5.41) is 2.81. The third kappa shape index (κ3) is 15.2. The number of alkyl halides is 1. The maximum atomic E-state index is 13.1. The van der Waals surface area contributed by atoms with Crippen molar-refractivity contribution >= 4 is 23.4 Å². The van der Waals surface area contributed by atoms with Gasteiger partial charge in [-0.25, -0.2) is 4.79 Å². The van der Waals surface area contributed by atoms with E-state index in [1.54, 1.807) is 6.20 Å². The number of pyridine rings is 4. The minimum absolute atomic E-state index is 0.00904. The Kier molecular flexibility index (Phi) is 20.8. The molecule has 384 valence electrons. The Morgan fingerprint density at radius 2 is 1.24 bits per heavy atom. The highest BCUT2D eigenvalue weighted by Gasteiger charge is 2.38. The van der Waals surface area contributed by atoms with Crippen LogP contribution in [0.3, 0.4) is 0 Å². The monoisotopic (exact) mass is 989 g/mol. The van der Waals surface area contributed by atoms with Crippen LogP contribution in [0.4, 0.5) is 0 Å². The lowest BCUT2D eigenvalue weighted by Crippen LogP contribution is -2.36. The minimum atomic E-state index is -0.533. The number of fused-ring (bicyclic) bond motifs is 2. The molecule has 12 heteroatoms. The van der Waals surface area contributed by atoms with Gasteiger partial charge < -0.3 is 19.5 Å². The lowest BCUT2D eigenvalue weighted by Gasteiger charge is -2.32. The molecule has 71 heavy (non-hydrogen) atoms. The SMILES string of the molecule is CC(=O)C(Cl)c1cccnc1C1CCC1.CCOC(=O)C(c1cccnc1C1CCC1)N1CC[C@@H](OCCCCC2CCc3cccnc3C2)C1.c1cnc2c(c1)CCC(CCCCO[C@@H]1CCNC1)C2. The molecule has 10 rings (SSSR count). The predicted octanol–water partition coefficient (Wildman–Crippen LogP) is 11.4. The molecule has 2 saturated heterocycles. The minimum Gasteiger partial charge on any atom is -0.465 e. The van der Waals surface area contributed by atoms with Crippen LogP contribution < -0.4 is 5.32 Å². The van der Waals surface area contributed by atoms with Gasteiger partial charge in [0.1, 0.15) is 11.4 Å². The van der Waals surface area contributed by atoms with Crippen LogP contribution in [-0.4, -0.2) is 94.8 Å². The van der Waals surface area contributed by atoms with E-state index in [1.807, 2.05) is 43.7 Å². The molecular weight excluding hydrogens is 908 g/mol. The first-order valence-corrected chi connectivity index (χ1v) is 28.0. The highest BCUT2D eigenvalue weighted by molar-refractivity contribution is 6.30. The number of nitrogens with zero attached hydrogens (tertiary/aromatic N) is 5. The molecule has 11 nitrogen and oxygen atoms in total. The number of ether oxygens (including phenoxy) is 3. The molecule has 0 spiro atoms. The highest BCUT2D eigenvalue weighted by atomic mass is 35.5. The van der Waals surface area contributed by atoms with Crippen LogP contribution in [0.15, 0.2) is 73.3 Å². The first-order chi connectivity index (χ1) is 34.8. The second-order valence-electron chi connectivity index (χ2n) is 21.0. The molecular formula is C59H81ClN6O5. The molecule has 1 N–H and O–H groups in total. The average Bonchev–Trinajstić information content (AvgIpc) is 4.07. The van der Waals surface area contributed by atoms with E-state index < -0.39 is 5.38 Å². The van der Waals surface area contributed by atoms with Crippen LogP contribution >= 0.6 is 11.6 Å². The van der Waals surface area contributed by atoms with Gasteiger partial charge in [-0.05, 0) is 176 Å². The van der Waals surface area contributed by atoms with Gasteiger partial charge in [-0.15, -0.1) is 11.6 Å². The summed E-state index contributed by atoms with van der Waals surface area (Å²) in [6.45, 7) is 9.32. The fourth-order valence-corrected chi connectivity index (χ4v) is 11.6. The number of unbranched alkanes of at least 4 members (excludes halogenated alkanes) is 2. The van der Waals surface area contributed by atoms with E-state index in [-0.39, 0.29) is 23.9 Å². The number of rotatable bonds is 20. The van der Waals surface area contributed by atoms with Gasteiger partial charge in [-0.2, -0.15) is 0 Å². The molecule has 0 aromatic carbocycles. The van der Waals surface area contributed by atoms with Gasteiger partial charge in [-0.3, -0.25) is 29.6 Å². The summed E-state index contributed by atoms with van der Waals surface area (Å²) < 4.78 is 17.7. The van der Waals surface area contributed by atoms with Crippen molar-refractivity contribution in [2.24, 2.45) is 11.8 Å². The lowest BCUT2D eigenvalue weighted by atomic mass is 9.80. The number of aromatic nitrogens is 4. The Bertz CT molecular complexity index is 2270. The Hall–Kier alpha value is -4.13. The van der Waals surface area contributed by atoms with E-state index in [4.69, 9.17) is 30.8 Å². The lowest BCUT2D eigenvalue weighted by molar-refractivity contribution is -0.149. The molecule has 6 atom stereocenters. The molecule has 4 fully saturated rings. The van der Waals surface area contributed by atoms with Crippen molar-refractivity contribution in [2.75, 3.05) is 46.0 Å². The summed E-state index contributed by atoms with van der Waals surface area (Å²) in [7, 11) is 0. The van der Waals surface area contributed by atoms with Crippen molar-refractivity contribution in [3.8, 4) is 0 Å². The third-order valence-electron chi connectivity index (χ3n) is 16.0. The summed E-state index contributed by atoms with van der Waals surface area (Å²) in [4.78, 5) is 44.8. The molecule has 0 bridgehead atoms. The maximum absolute atomic E-state index is 13.1. The standard InChI is InChI=1S/C30H41N3O3.C17H26N2O.C12H14ClNO/c1-2-35-30(34)29(26-12-7-17-32-28(26)24-9-5-10-24)33-18-15-25(21-33)36-19-4-3-8-22-13-14-23-11-6-16-31-27(23)20-22;1(2-11-20-16-8-10-18-13-16)4-14-6-7-15-5-3-9-19-17(15)12-14;1-8(15)11(13)10-6-3-7-14-12(10)9-4-2-5-9/h6-7,11-12,16-17,22,24-25,29H,2-5,8-10,13-15,18-21H2,1H3;3,5,9,14,16,18H,1-2,4,6-8,10-13H2;3,6-7,9,11H,2,4-5H2,1H3/t22?,25-,29?;14?,16-;/m11./s1. The summed E-state index contributed by atoms with van der Waals surface area (Å²) in [5.41, 5.74) is 9.61. The Labute approximate surface area is 429 Å². The largest absolute Gasteiger partial charge is 0.465 e. The first-order valence-electron chi connectivity index (χ1n) is 27.6. The molecule has 4 aliphatic carbocycles. The van der Waals surface area contributed by atoms with Gasteiger partial charge in [0.25, 0.3) is 0 Å². The molecule has 2 aliphatic heterocycles. The fourth-order valence-electron chi connectivity index (χ4n) is 11.5. The topological polar surface area (TPSA) is 129 Å². The van der Waals surface area contributed by atoms with Crippen molar-refractivity contribution in [2.45, 2.75) is 178 Å². The number of ketones is 1. The van der Waals surface area contributed by atoms with E-state index in [0.29, 0.717) is 24.5 Å². The smallest absolute Gasteiger partial charge is 0.328 e. The summed E-state index contributed by atoms with van der Waals surface area (Å²) in [6, 6.07) is 16.0. The highest BCUT2D eigenvalue weighted by Crippen LogP contribution is 2.41. The average molecular weight is 990 g/mol. The first kappa shape index (κ1) is 53.2. The summed E-state index contributed by atoms with van der Waals surface area (Å²) in [5.74, 6) is 2.41. The molecule has 4 unspecified atom stereocenters. The number of hydrogen-bond donors (Lipinski definition) is 1. The van der Waals surface area contributed by atoms with Crippen LogP contribution in [0.5, 0.6) is 0 Å². The molecule has 0 radical (unpaired) electrons. The fraction of sp³-hybridized carbons (Fsp3) is 0.627. The Balaban J connectivity index is 0.000000161. The number of aryl methyl sites for hydroxylation is 2. The summed E-state index contributed by atoms with van der Waals surface area (Å²) in [6.07, 6.45) is 32.2. The number of Topliss-reactive ketones (excluding diaryl/α,β-unsaturated/α-hetero) is 1.